The molecular formula is C20H18BrClN2O5. The van der Waals surface area contributed by atoms with E-state index in [9.17, 15) is 14.4 Å². The Morgan fingerprint density at radius 1 is 1.31 bits per heavy atom. The highest BCUT2D eigenvalue weighted by atomic mass is 79.9. The number of esters is 1. The Labute approximate surface area is 180 Å². The standard InChI is InChI=1S/C20H18BrClN2O5/c1-3-28-13-7-12(16(21)17(22)18(13)29-9(2)25)8-23-24-19(26)14-10-4-5-11(6-10)15(14)20(24)27/h4-5,7-8,10-11,14-15H,3,6H2,1-2H3. The predicted molar refractivity (Wildman–Crippen MR) is 109 cm³/mol. The summed E-state index contributed by atoms with van der Waals surface area (Å²) < 4.78 is 11.1. The maximum absolute atomic E-state index is 12.7. The number of benzene rings is 1. The predicted octanol–water partition coefficient (Wildman–Crippen LogP) is 3.57. The van der Waals surface area contributed by atoms with Crippen LogP contribution < -0.4 is 9.47 Å². The van der Waals surface area contributed by atoms with E-state index in [4.69, 9.17) is 21.1 Å². The average molecular weight is 482 g/mol. The summed E-state index contributed by atoms with van der Waals surface area (Å²) in [5, 5.41) is 5.25. The zero-order chi connectivity index (χ0) is 20.9. The summed E-state index contributed by atoms with van der Waals surface area (Å²) in [6.45, 7) is 3.37. The van der Waals surface area contributed by atoms with Crippen LogP contribution in [0.4, 0.5) is 0 Å². The van der Waals surface area contributed by atoms with E-state index in [0.29, 0.717) is 16.6 Å². The van der Waals surface area contributed by atoms with Gasteiger partial charge in [0.15, 0.2) is 11.5 Å². The van der Waals surface area contributed by atoms with E-state index in [0.717, 1.165) is 11.4 Å². The molecule has 1 heterocycles. The first-order chi connectivity index (χ1) is 13.8. The first kappa shape index (κ1) is 20.1. The lowest BCUT2D eigenvalue weighted by molar-refractivity contribution is -0.140. The molecule has 0 N–H and O–H groups in total. The number of hydrogen-bond acceptors (Lipinski definition) is 6. The van der Waals surface area contributed by atoms with Crippen LogP contribution in [0, 0.1) is 23.7 Å². The van der Waals surface area contributed by atoms with Crippen LogP contribution in [-0.4, -0.2) is 35.6 Å². The van der Waals surface area contributed by atoms with Crippen molar-refractivity contribution in [3.05, 3.63) is 33.3 Å². The molecule has 2 aliphatic carbocycles. The molecule has 0 spiro atoms. The minimum absolute atomic E-state index is 0.0931. The molecule has 9 heteroatoms. The van der Waals surface area contributed by atoms with Gasteiger partial charge in [0.05, 0.1) is 24.7 Å². The molecule has 1 saturated heterocycles. The fourth-order valence-corrected chi connectivity index (χ4v) is 4.96. The maximum Gasteiger partial charge on any atom is 0.308 e. The van der Waals surface area contributed by atoms with Crippen LogP contribution in [0.15, 0.2) is 27.8 Å². The second-order valence-electron chi connectivity index (χ2n) is 7.18. The van der Waals surface area contributed by atoms with E-state index >= 15 is 0 Å². The molecular weight excluding hydrogens is 464 g/mol. The highest BCUT2D eigenvalue weighted by Crippen LogP contribution is 2.52. The average Bonchev–Trinajstić information content (AvgIpc) is 3.35. The monoisotopic (exact) mass is 480 g/mol. The number of amides is 2. The Kier molecular flexibility index (Phi) is 5.25. The number of ether oxygens (including phenoxy) is 2. The molecule has 4 rings (SSSR count). The molecule has 1 saturated carbocycles. The van der Waals surface area contributed by atoms with Crippen LogP contribution in [0.5, 0.6) is 11.5 Å². The highest BCUT2D eigenvalue weighted by molar-refractivity contribution is 9.10. The molecule has 29 heavy (non-hydrogen) atoms. The van der Waals surface area contributed by atoms with Crippen molar-refractivity contribution in [1.82, 2.24) is 5.01 Å². The highest BCUT2D eigenvalue weighted by Gasteiger charge is 2.59. The quantitative estimate of drug-likeness (QED) is 0.211. The topological polar surface area (TPSA) is 85.3 Å². The van der Waals surface area contributed by atoms with E-state index < -0.39 is 5.97 Å². The van der Waals surface area contributed by atoms with Gasteiger partial charge in [0.1, 0.15) is 5.02 Å². The summed E-state index contributed by atoms with van der Waals surface area (Å²) in [4.78, 5) is 36.9. The van der Waals surface area contributed by atoms with Gasteiger partial charge in [-0.15, -0.1) is 0 Å². The third-order valence-electron chi connectivity index (χ3n) is 5.46. The number of rotatable bonds is 5. The first-order valence-corrected chi connectivity index (χ1v) is 10.4. The van der Waals surface area contributed by atoms with Crippen LogP contribution in [0.25, 0.3) is 0 Å². The van der Waals surface area contributed by atoms with Crippen molar-refractivity contribution in [2.75, 3.05) is 6.61 Å². The fourth-order valence-electron chi connectivity index (χ4n) is 4.32. The van der Waals surface area contributed by atoms with Crippen LogP contribution >= 0.6 is 27.5 Å². The number of carbonyl (C=O) groups excluding carboxylic acids is 3. The second-order valence-corrected chi connectivity index (χ2v) is 8.35. The van der Waals surface area contributed by atoms with Crippen LogP contribution in [0.1, 0.15) is 25.8 Å². The van der Waals surface area contributed by atoms with Gasteiger partial charge in [-0.2, -0.15) is 10.1 Å². The van der Waals surface area contributed by atoms with Gasteiger partial charge in [-0.3, -0.25) is 14.4 Å². The molecule has 3 aliphatic rings. The minimum Gasteiger partial charge on any atom is -0.490 e. The van der Waals surface area contributed by atoms with Crippen molar-refractivity contribution in [2.45, 2.75) is 20.3 Å². The summed E-state index contributed by atoms with van der Waals surface area (Å²) in [7, 11) is 0. The summed E-state index contributed by atoms with van der Waals surface area (Å²) in [5.74, 6) is -1.10. The van der Waals surface area contributed by atoms with Crippen molar-refractivity contribution in [3.63, 3.8) is 0 Å². The number of imide groups is 1. The van der Waals surface area contributed by atoms with Crippen molar-refractivity contribution < 1.29 is 23.9 Å². The van der Waals surface area contributed by atoms with E-state index in [-0.39, 0.29) is 52.0 Å². The Balaban J connectivity index is 1.64. The zero-order valence-electron chi connectivity index (χ0n) is 15.7. The normalized spacial score (nSPS) is 27.2. The van der Waals surface area contributed by atoms with Gasteiger partial charge < -0.3 is 9.47 Å². The number of fused-ring (bicyclic) bond motifs is 5. The number of allylic oxidation sites excluding steroid dienone is 2. The lowest BCUT2D eigenvalue weighted by Gasteiger charge is -2.15. The molecule has 1 aromatic carbocycles. The first-order valence-electron chi connectivity index (χ1n) is 9.26. The molecule has 4 atom stereocenters. The van der Waals surface area contributed by atoms with E-state index in [1.165, 1.54) is 13.1 Å². The lowest BCUT2D eigenvalue weighted by Crippen LogP contribution is -2.28. The van der Waals surface area contributed by atoms with Crippen molar-refractivity contribution >= 4 is 51.5 Å². The summed E-state index contributed by atoms with van der Waals surface area (Å²) >= 11 is 9.69. The molecule has 1 aliphatic heterocycles. The molecule has 2 fully saturated rings. The van der Waals surface area contributed by atoms with E-state index in [1.54, 1.807) is 13.0 Å². The van der Waals surface area contributed by atoms with Gasteiger partial charge in [-0.05, 0) is 47.2 Å². The number of carbonyl (C=O) groups is 3. The van der Waals surface area contributed by atoms with Gasteiger partial charge in [0.2, 0.25) is 0 Å². The third kappa shape index (κ3) is 3.28. The van der Waals surface area contributed by atoms with Crippen LogP contribution in [-0.2, 0) is 14.4 Å². The zero-order valence-corrected chi connectivity index (χ0v) is 18.1. The molecule has 2 amide bonds. The summed E-state index contributed by atoms with van der Waals surface area (Å²) in [6, 6.07) is 1.58. The molecule has 7 nitrogen and oxygen atoms in total. The SMILES string of the molecule is CCOc1cc(C=NN2C(=O)C3C4C=CC(C4)C3C2=O)c(Br)c(Cl)c1OC(C)=O. The van der Waals surface area contributed by atoms with E-state index in [1.807, 2.05) is 12.2 Å². The Bertz CT molecular complexity index is 946. The number of hydrazone groups is 1. The number of hydrogen-bond donors (Lipinski definition) is 0. The number of halogens is 2. The van der Waals surface area contributed by atoms with Crippen molar-refractivity contribution in [3.8, 4) is 11.5 Å². The fraction of sp³-hybridized carbons (Fsp3) is 0.400. The lowest BCUT2D eigenvalue weighted by atomic mass is 9.85. The van der Waals surface area contributed by atoms with Crippen molar-refractivity contribution in [2.24, 2.45) is 28.8 Å². The van der Waals surface area contributed by atoms with Crippen molar-refractivity contribution in [1.29, 1.82) is 0 Å². The minimum atomic E-state index is -0.538. The third-order valence-corrected chi connectivity index (χ3v) is 6.90. The molecule has 0 radical (unpaired) electrons. The second kappa shape index (κ2) is 7.57. The van der Waals surface area contributed by atoms with Gasteiger partial charge in [0.25, 0.3) is 11.8 Å². The molecule has 152 valence electrons. The van der Waals surface area contributed by atoms with Gasteiger partial charge >= 0.3 is 5.97 Å². The van der Waals surface area contributed by atoms with Crippen LogP contribution in [0.3, 0.4) is 0 Å². The largest absolute Gasteiger partial charge is 0.490 e. The smallest absolute Gasteiger partial charge is 0.308 e. The van der Waals surface area contributed by atoms with Gasteiger partial charge in [0, 0.05) is 17.0 Å². The Hall–Kier alpha value is -2.19. The number of nitrogens with zero attached hydrogens (tertiary/aromatic N) is 2. The van der Waals surface area contributed by atoms with Crippen LogP contribution in [0.2, 0.25) is 5.02 Å². The summed E-state index contributed by atoms with van der Waals surface area (Å²) in [6.07, 6.45) is 6.30. The molecule has 0 aromatic heterocycles. The molecule has 2 bridgehead atoms. The van der Waals surface area contributed by atoms with Gasteiger partial charge in [-0.1, -0.05) is 23.8 Å². The maximum atomic E-state index is 12.7. The summed E-state index contributed by atoms with van der Waals surface area (Å²) in [5.41, 5.74) is 0.480. The Morgan fingerprint density at radius 3 is 2.48 bits per heavy atom. The molecule has 1 aromatic rings. The Morgan fingerprint density at radius 2 is 1.93 bits per heavy atom. The van der Waals surface area contributed by atoms with Gasteiger partial charge in [-0.25, -0.2) is 0 Å². The van der Waals surface area contributed by atoms with E-state index in [2.05, 4.69) is 21.0 Å². The molecule has 4 unspecified atom stereocenters.